The molecule has 4 aromatic rings. The first-order chi connectivity index (χ1) is 18.6. The van der Waals surface area contributed by atoms with E-state index in [1.807, 2.05) is 54.9 Å². The molecule has 1 amide bonds. The number of amides is 1. The van der Waals surface area contributed by atoms with Crippen molar-refractivity contribution >= 4 is 17.4 Å². The molecule has 2 aliphatic rings. The molecule has 0 saturated carbocycles. The molecule has 0 spiro atoms. The average molecular weight is 510 g/mol. The molecule has 9 heteroatoms. The van der Waals surface area contributed by atoms with E-state index in [1.165, 1.54) is 37.3 Å². The van der Waals surface area contributed by atoms with Crippen LogP contribution in [0.5, 0.6) is 5.75 Å². The predicted octanol–water partition coefficient (Wildman–Crippen LogP) is 3.67. The number of hydrogen-bond donors (Lipinski definition) is 2. The minimum atomic E-state index is -0.192. The quantitative estimate of drug-likeness (QED) is 0.375. The molecule has 1 saturated heterocycles. The number of piperidine rings is 1. The van der Waals surface area contributed by atoms with Crippen molar-refractivity contribution in [3.63, 3.8) is 0 Å². The van der Waals surface area contributed by atoms with Crippen LogP contribution in [0.1, 0.15) is 35.2 Å². The van der Waals surface area contributed by atoms with E-state index >= 15 is 0 Å². The number of rotatable bonds is 8. The van der Waals surface area contributed by atoms with Crippen molar-refractivity contribution in [1.29, 1.82) is 5.41 Å². The summed E-state index contributed by atoms with van der Waals surface area (Å²) >= 11 is 0. The van der Waals surface area contributed by atoms with E-state index in [-0.39, 0.29) is 11.7 Å². The van der Waals surface area contributed by atoms with Crippen molar-refractivity contribution in [2.45, 2.75) is 19.3 Å². The number of carbonyl (C=O) groups is 1. The molecule has 2 aliphatic heterocycles. The Balaban J connectivity index is 1.18. The summed E-state index contributed by atoms with van der Waals surface area (Å²) in [4.78, 5) is 21.4. The maximum absolute atomic E-state index is 12.8. The number of carbonyl (C=O) groups excluding carboxylic acids is 1. The van der Waals surface area contributed by atoms with Gasteiger partial charge in [0.1, 0.15) is 18.2 Å². The summed E-state index contributed by atoms with van der Waals surface area (Å²) in [6.45, 7) is 4.66. The number of nitrogens with zero attached hydrogens (tertiary/aromatic N) is 5. The monoisotopic (exact) mass is 509 g/mol. The largest absolute Gasteiger partial charge is 0.492 e. The van der Waals surface area contributed by atoms with Gasteiger partial charge in [-0.15, -0.1) is 0 Å². The molecule has 1 fully saturated rings. The van der Waals surface area contributed by atoms with Crippen LogP contribution in [0.15, 0.2) is 61.1 Å². The molecule has 3 N–H and O–H groups in total. The van der Waals surface area contributed by atoms with E-state index < -0.39 is 0 Å². The molecule has 4 heterocycles. The van der Waals surface area contributed by atoms with Gasteiger partial charge in [-0.25, -0.2) is 9.50 Å². The lowest BCUT2D eigenvalue weighted by Gasteiger charge is -2.26. The van der Waals surface area contributed by atoms with E-state index in [0.29, 0.717) is 36.5 Å². The maximum Gasteiger partial charge on any atom is 0.260 e. The van der Waals surface area contributed by atoms with Gasteiger partial charge in [-0.2, -0.15) is 5.10 Å². The van der Waals surface area contributed by atoms with Crippen LogP contribution in [-0.4, -0.2) is 75.5 Å². The van der Waals surface area contributed by atoms with E-state index in [0.717, 1.165) is 34.5 Å². The van der Waals surface area contributed by atoms with Gasteiger partial charge >= 0.3 is 0 Å². The Labute approximate surface area is 221 Å². The summed E-state index contributed by atoms with van der Waals surface area (Å²) in [6.07, 6.45) is 9.47. The first-order valence-electron chi connectivity index (χ1n) is 13.2. The van der Waals surface area contributed by atoms with Crippen molar-refractivity contribution in [2.75, 3.05) is 39.3 Å². The molecule has 2 aromatic carbocycles. The van der Waals surface area contributed by atoms with Gasteiger partial charge in [0.25, 0.3) is 5.91 Å². The molecule has 9 nitrogen and oxygen atoms in total. The van der Waals surface area contributed by atoms with Crippen LogP contribution in [-0.2, 0) is 0 Å². The summed E-state index contributed by atoms with van der Waals surface area (Å²) in [5, 5.41) is 12.8. The molecule has 0 unspecified atom stereocenters. The summed E-state index contributed by atoms with van der Waals surface area (Å²) in [6, 6.07) is 13.6. The van der Waals surface area contributed by atoms with Crippen molar-refractivity contribution in [3.8, 4) is 28.0 Å². The Morgan fingerprint density at radius 1 is 0.895 bits per heavy atom. The van der Waals surface area contributed by atoms with Gasteiger partial charge in [0.15, 0.2) is 5.65 Å². The highest BCUT2D eigenvalue weighted by atomic mass is 16.5. The number of hydrogen-bond acceptors (Lipinski definition) is 7. The van der Waals surface area contributed by atoms with Gasteiger partial charge in [-0.3, -0.25) is 20.0 Å². The van der Waals surface area contributed by atoms with E-state index in [2.05, 4.69) is 10.00 Å². The molecule has 2 aromatic heterocycles. The first-order valence-corrected chi connectivity index (χ1v) is 13.2. The Morgan fingerprint density at radius 3 is 2.47 bits per heavy atom. The summed E-state index contributed by atoms with van der Waals surface area (Å²) < 4.78 is 7.72. The standard InChI is InChI=1S/C29H31N7O2/c30-10-13-35-27(31)24-9-6-21(16-25(24)29(35)37)26-18-33-36-19-22(17-32-28(26)36)20-4-7-23(8-5-20)38-15-14-34-11-2-1-3-12-34/h4-9,16-19,31H,1-3,10-15,30H2. The SMILES string of the molecule is N=C1c2ccc(-c3cnn4cc(-c5ccc(OCCN6CCCCC6)cc5)cnc34)cc2C(=O)N1CCN. The Morgan fingerprint density at radius 2 is 1.68 bits per heavy atom. The van der Waals surface area contributed by atoms with Gasteiger partial charge in [0.2, 0.25) is 0 Å². The molecule has 0 aliphatic carbocycles. The van der Waals surface area contributed by atoms with Crippen LogP contribution in [0.2, 0.25) is 0 Å². The van der Waals surface area contributed by atoms with E-state index in [9.17, 15) is 4.79 Å². The average Bonchev–Trinajstić information content (AvgIpc) is 3.48. The molecule has 38 heavy (non-hydrogen) atoms. The van der Waals surface area contributed by atoms with Crippen LogP contribution in [0.4, 0.5) is 0 Å². The highest BCUT2D eigenvalue weighted by molar-refractivity contribution is 6.22. The van der Waals surface area contributed by atoms with Crippen molar-refractivity contribution < 1.29 is 9.53 Å². The highest BCUT2D eigenvalue weighted by Gasteiger charge is 2.32. The molecule has 6 rings (SSSR count). The van der Waals surface area contributed by atoms with Crippen LogP contribution in [0.3, 0.4) is 0 Å². The Hall–Kier alpha value is -4.08. The molecule has 0 bridgehead atoms. The maximum atomic E-state index is 12.8. The predicted molar refractivity (Wildman–Crippen MR) is 147 cm³/mol. The normalized spacial score (nSPS) is 15.9. The smallest absolute Gasteiger partial charge is 0.260 e. The van der Waals surface area contributed by atoms with Crippen LogP contribution < -0.4 is 10.5 Å². The number of benzene rings is 2. The zero-order valence-electron chi connectivity index (χ0n) is 21.3. The van der Waals surface area contributed by atoms with Crippen LogP contribution in [0.25, 0.3) is 27.9 Å². The zero-order valence-corrected chi connectivity index (χ0v) is 21.3. The Kier molecular flexibility index (Phi) is 6.61. The lowest BCUT2D eigenvalue weighted by Crippen LogP contribution is -2.34. The minimum Gasteiger partial charge on any atom is -0.492 e. The Bertz CT molecular complexity index is 1490. The number of ether oxygens (including phenoxy) is 1. The summed E-state index contributed by atoms with van der Waals surface area (Å²) in [7, 11) is 0. The second-order valence-electron chi connectivity index (χ2n) is 9.80. The number of aromatic nitrogens is 3. The number of likely N-dealkylation sites (tertiary alicyclic amines) is 1. The number of nitrogens with one attached hydrogen (secondary N) is 1. The lowest BCUT2D eigenvalue weighted by molar-refractivity contribution is 0.0862. The van der Waals surface area contributed by atoms with Gasteiger partial charge in [-0.1, -0.05) is 24.6 Å². The van der Waals surface area contributed by atoms with Gasteiger partial charge in [0.05, 0.1) is 11.8 Å². The molecule has 194 valence electrons. The van der Waals surface area contributed by atoms with Crippen LogP contribution in [0, 0.1) is 5.41 Å². The van der Waals surface area contributed by atoms with E-state index in [1.54, 1.807) is 10.7 Å². The zero-order chi connectivity index (χ0) is 26.1. The molecular formula is C29H31N7O2. The van der Waals surface area contributed by atoms with E-state index in [4.69, 9.17) is 20.9 Å². The van der Waals surface area contributed by atoms with Gasteiger partial charge < -0.3 is 10.5 Å². The fraction of sp³-hybridized carbons (Fsp3) is 0.310. The lowest BCUT2D eigenvalue weighted by atomic mass is 10.0. The number of amidine groups is 1. The molecular weight excluding hydrogens is 478 g/mol. The van der Waals surface area contributed by atoms with Crippen molar-refractivity contribution in [2.24, 2.45) is 5.73 Å². The topological polar surface area (TPSA) is 113 Å². The minimum absolute atomic E-state index is 0.192. The summed E-state index contributed by atoms with van der Waals surface area (Å²) in [5.41, 5.74) is 11.1. The van der Waals surface area contributed by atoms with Crippen molar-refractivity contribution in [1.82, 2.24) is 24.4 Å². The third-order valence-corrected chi connectivity index (χ3v) is 7.35. The highest BCUT2D eigenvalue weighted by Crippen LogP contribution is 2.31. The third kappa shape index (κ3) is 4.55. The molecule has 0 atom stereocenters. The molecule has 0 radical (unpaired) electrons. The number of nitrogens with two attached hydrogens (primary N) is 1. The number of fused-ring (bicyclic) bond motifs is 2. The third-order valence-electron chi connectivity index (χ3n) is 7.35. The summed E-state index contributed by atoms with van der Waals surface area (Å²) in [5.74, 6) is 0.872. The second kappa shape index (κ2) is 10.4. The van der Waals surface area contributed by atoms with Gasteiger partial charge in [0, 0.05) is 48.7 Å². The van der Waals surface area contributed by atoms with Gasteiger partial charge in [-0.05, 0) is 61.3 Å². The fourth-order valence-corrected chi connectivity index (χ4v) is 5.28. The van der Waals surface area contributed by atoms with Crippen molar-refractivity contribution in [3.05, 3.63) is 72.2 Å². The fourth-order valence-electron chi connectivity index (χ4n) is 5.28. The first kappa shape index (κ1) is 24.3. The van der Waals surface area contributed by atoms with Crippen LogP contribution >= 0.6 is 0 Å². The second-order valence-corrected chi connectivity index (χ2v) is 9.80.